The average molecular weight is 334 g/mol. The van der Waals surface area contributed by atoms with Crippen LogP contribution in [0.2, 0.25) is 0 Å². The lowest BCUT2D eigenvalue weighted by molar-refractivity contribution is 0.0696. The molecule has 1 atom stereocenters. The molecule has 1 aromatic heterocycles. The Bertz CT molecular complexity index is 843. The highest BCUT2D eigenvalue weighted by Crippen LogP contribution is 2.19. The van der Waals surface area contributed by atoms with Crippen LogP contribution in [0.5, 0.6) is 0 Å². The number of fused-ring (bicyclic) bond motifs is 1. The Labute approximate surface area is 147 Å². The van der Waals surface area contributed by atoms with Crippen LogP contribution in [0.1, 0.15) is 22.8 Å². The van der Waals surface area contributed by atoms with Gasteiger partial charge in [0.05, 0.1) is 11.1 Å². The third-order valence-electron chi connectivity index (χ3n) is 4.21. The van der Waals surface area contributed by atoms with Crippen LogP contribution >= 0.6 is 0 Å². The third-order valence-corrected chi connectivity index (χ3v) is 4.21. The number of pyridine rings is 1. The molecule has 0 spiro atoms. The van der Waals surface area contributed by atoms with Crippen LogP contribution in [0.4, 0.5) is 0 Å². The van der Waals surface area contributed by atoms with Gasteiger partial charge in [-0.1, -0.05) is 55.5 Å². The standard InChI is InChI=1S/C21H22N2O2/c1-16(15-24)13-23(14-17-7-3-2-4-8-17)21(25)19-11-5-9-18-10-6-12-22-20(18)19/h2-12,16,24H,13-15H2,1H3. The lowest BCUT2D eigenvalue weighted by Gasteiger charge is -2.26. The molecular formula is C21H22N2O2. The molecule has 3 rings (SSSR count). The molecule has 0 aliphatic rings. The van der Waals surface area contributed by atoms with E-state index in [9.17, 15) is 9.90 Å². The average Bonchev–Trinajstić information content (AvgIpc) is 2.67. The maximum absolute atomic E-state index is 13.2. The smallest absolute Gasteiger partial charge is 0.256 e. The minimum atomic E-state index is -0.0616. The van der Waals surface area contributed by atoms with Gasteiger partial charge in [0, 0.05) is 31.3 Å². The largest absolute Gasteiger partial charge is 0.396 e. The number of carbonyl (C=O) groups is 1. The SMILES string of the molecule is CC(CO)CN(Cc1ccccc1)C(=O)c1cccc2cccnc12. The van der Waals surface area contributed by atoms with Gasteiger partial charge in [0.15, 0.2) is 0 Å². The summed E-state index contributed by atoms with van der Waals surface area (Å²) in [5.41, 5.74) is 2.37. The highest BCUT2D eigenvalue weighted by Gasteiger charge is 2.20. The quantitative estimate of drug-likeness (QED) is 0.750. The number of aliphatic hydroxyl groups excluding tert-OH is 1. The Morgan fingerprint density at radius 3 is 2.60 bits per heavy atom. The van der Waals surface area contributed by atoms with Crippen molar-refractivity contribution in [1.29, 1.82) is 0 Å². The Morgan fingerprint density at radius 1 is 1.08 bits per heavy atom. The van der Waals surface area contributed by atoms with E-state index < -0.39 is 0 Å². The van der Waals surface area contributed by atoms with Gasteiger partial charge in [0.2, 0.25) is 0 Å². The van der Waals surface area contributed by atoms with E-state index in [4.69, 9.17) is 0 Å². The van der Waals surface area contributed by atoms with Crippen molar-refractivity contribution in [2.45, 2.75) is 13.5 Å². The van der Waals surface area contributed by atoms with E-state index in [-0.39, 0.29) is 18.4 Å². The number of benzene rings is 2. The van der Waals surface area contributed by atoms with Gasteiger partial charge in [-0.3, -0.25) is 9.78 Å². The predicted molar refractivity (Wildman–Crippen MR) is 99.2 cm³/mol. The fourth-order valence-electron chi connectivity index (χ4n) is 2.90. The Balaban J connectivity index is 1.95. The van der Waals surface area contributed by atoms with E-state index in [1.54, 1.807) is 11.1 Å². The number of nitrogens with zero attached hydrogens (tertiary/aromatic N) is 2. The molecule has 4 heteroatoms. The molecule has 1 heterocycles. The van der Waals surface area contributed by atoms with Crippen LogP contribution in [0.15, 0.2) is 66.9 Å². The fraction of sp³-hybridized carbons (Fsp3) is 0.238. The second-order valence-electron chi connectivity index (χ2n) is 6.34. The van der Waals surface area contributed by atoms with E-state index >= 15 is 0 Å². The summed E-state index contributed by atoms with van der Waals surface area (Å²) in [6.45, 7) is 2.99. The summed E-state index contributed by atoms with van der Waals surface area (Å²) >= 11 is 0. The molecule has 2 aromatic carbocycles. The molecule has 1 N–H and O–H groups in total. The zero-order valence-electron chi connectivity index (χ0n) is 14.3. The minimum absolute atomic E-state index is 0.00981. The number of hydrogen-bond donors (Lipinski definition) is 1. The maximum Gasteiger partial charge on any atom is 0.256 e. The molecule has 0 aliphatic carbocycles. The Hall–Kier alpha value is -2.72. The number of aliphatic hydroxyl groups is 1. The highest BCUT2D eigenvalue weighted by atomic mass is 16.3. The zero-order chi connectivity index (χ0) is 17.6. The highest BCUT2D eigenvalue weighted by molar-refractivity contribution is 6.05. The summed E-state index contributed by atoms with van der Waals surface area (Å²) in [4.78, 5) is 19.4. The van der Waals surface area contributed by atoms with Gasteiger partial charge < -0.3 is 10.0 Å². The van der Waals surface area contributed by atoms with Crippen molar-refractivity contribution in [3.8, 4) is 0 Å². The first-order valence-corrected chi connectivity index (χ1v) is 8.47. The molecule has 0 aliphatic heterocycles. The molecule has 1 unspecified atom stereocenters. The second-order valence-corrected chi connectivity index (χ2v) is 6.34. The van der Waals surface area contributed by atoms with E-state index in [1.165, 1.54) is 0 Å². The van der Waals surface area contributed by atoms with Gasteiger partial charge in [-0.15, -0.1) is 0 Å². The summed E-state index contributed by atoms with van der Waals surface area (Å²) in [5.74, 6) is -0.0518. The van der Waals surface area contributed by atoms with Crippen molar-refractivity contribution in [2.24, 2.45) is 5.92 Å². The Kier molecular flexibility index (Phi) is 5.41. The molecule has 0 radical (unpaired) electrons. The van der Waals surface area contributed by atoms with Gasteiger partial charge in [-0.2, -0.15) is 0 Å². The van der Waals surface area contributed by atoms with Gasteiger partial charge in [0.1, 0.15) is 0 Å². The molecule has 25 heavy (non-hydrogen) atoms. The molecule has 1 amide bonds. The number of carbonyl (C=O) groups excluding carboxylic acids is 1. The monoisotopic (exact) mass is 334 g/mol. The summed E-state index contributed by atoms with van der Waals surface area (Å²) in [5, 5.41) is 10.4. The first kappa shape index (κ1) is 17.1. The van der Waals surface area contributed by atoms with Crippen molar-refractivity contribution in [1.82, 2.24) is 9.88 Å². The van der Waals surface area contributed by atoms with Crippen molar-refractivity contribution in [3.63, 3.8) is 0 Å². The van der Waals surface area contributed by atoms with Crippen LogP contribution in [-0.4, -0.2) is 34.0 Å². The molecule has 3 aromatic rings. The molecule has 128 valence electrons. The lowest BCUT2D eigenvalue weighted by atomic mass is 10.1. The topological polar surface area (TPSA) is 53.4 Å². The van der Waals surface area contributed by atoms with Crippen LogP contribution in [-0.2, 0) is 6.54 Å². The van der Waals surface area contributed by atoms with Crippen LogP contribution in [0.25, 0.3) is 10.9 Å². The predicted octanol–water partition coefficient (Wildman–Crippen LogP) is 3.51. The van der Waals surface area contributed by atoms with Crippen molar-refractivity contribution >= 4 is 16.8 Å². The van der Waals surface area contributed by atoms with Crippen molar-refractivity contribution in [2.75, 3.05) is 13.2 Å². The van der Waals surface area contributed by atoms with Gasteiger partial charge in [0.25, 0.3) is 5.91 Å². The summed E-state index contributed by atoms with van der Waals surface area (Å²) < 4.78 is 0. The fourth-order valence-corrected chi connectivity index (χ4v) is 2.90. The third kappa shape index (κ3) is 4.03. The first-order valence-electron chi connectivity index (χ1n) is 8.47. The maximum atomic E-state index is 13.2. The van der Waals surface area contributed by atoms with E-state index in [0.29, 0.717) is 24.2 Å². The zero-order valence-corrected chi connectivity index (χ0v) is 14.3. The number of rotatable bonds is 6. The second kappa shape index (κ2) is 7.90. The van der Waals surface area contributed by atoms with Crippen molar-refractivity contribution in [3.05, 3.63) is 78.0 Å². The Morgan fingerprint density at radius 2 is 1.84 bits per heavy atom. The van der Waals surface area contributed by atoms with Crippen LogP contribution in [0, 0.1) is 5.92 Å². The molecular weight excluding hydrogens is 312 g/mol. The molecule has 4 nitrogen and oxygen atoms in total. The molecule has 0 fully saturated rings. The number of hydrogen-bond acceptors (Lipinski definition) is 3. The summed E-state index contributed by atoms with van der Waals surface area (Å²) in [6, 6.07) is 19.4. The lowest BCUT2D eigenvalue weighted by Crippen LogP contribution is -2.35. The van der Waals surface area contributed by atoms with E-state index in [1.807, 2.05) is 67.6 Å². The summed E-state index contributed by atoms with van der Waals surface area (Å²) in [6.07, 6.45) is 1.71. The van der Waals surface area contributed by atoms with Crippen molar-refractivity contribution < 1.29 is 9.90 Å². The normalized spacial score (nSPS) is 12.1. The van der Waals surface area contributed by atoms with E-state index in [0.717, 1.165) is 10.9 Å². The van der Waals surface area contributed by atoms with Crippen LogP contribution < -0.4 is 0 Å². The molecule has 0 saturated carbocycles. The van der Waals surface area contributed by atoms with Gasteiger partial charge in [-0.25, -0.2) is 0 Å². The van der Waals surface area contributed by atoms with Gasteiger partial charge >= 0.3 is 0 Å². The molecule has 0 saturated heterocycles. The van der Waals surface area contributed by atoms with Gasteiger partial charge in [-0.05, 0) is 23.6 Å². The number of amides is 1. The minimum Gasteiger partial charge on any atom is -0.396 e. The van der Waals surface area contributed by atoms with E-state index in [2.05, 4.69) is 4.98 Å². The molecule has 0 bridgehead atoms. The van der Waals surface area contributed by atoms with Crippen LogP contribution in [0.3, 0.4) is 0 Å². The first-order chi connectivity index (χ1) is 12.2. The number of para-hydroxylation sites is 1. The summed E-state index contributed by atoms with van der Waals surface area (Å²) in [7, 11) is 0. The number of aromatic nitrogens is 1.